The van der Waals surface area contributed by atoms with Crippen LogP contribution in [0, 0.1) is 12.3 Å². The molecule has 0 heterocycles. The lowest BCUT2D eigenvalue weighted by Crippen LogP contribution is -2.04. The Hall–Kier alpha value is -3.58. The van der Waals surface area contributed by atoms with Crippen LogP contribution in [0.15, 0.2) is 54.6 Å². The number of fused-ring (bicyclic) bond motifs is 2. The van der Waals surface area contributed by atoms with E-state index in [4.69, 9.17) is 11.5 Å². The quantitative estimate of drug-likeness (QED) is 0.550. The summed E-state index contributed by atoms with van der Waals surface area (Å²) < 4.78 is 0. The number of rotatable bonds is 2. The van der Waals surface area contributed by atoms with Crippen LogP contribution in [-0.2, 0) is 0 Å². The maximum absolute atomic E-state index is 11.2. The van der Waals surface area contributed by atoms with Gasteiger partial charge in [0.05, 0.1) is 11.1 Å². The van der Waals surface area contributed by atoms with Crippen molar-refractivity contribution in [1.29, 1.82) is 0 Å². The van der Waals surface area contributed by atoms with Gasteiger partial charge in [0.1, 0.15) is 0 Å². The van der Waals surface area contributed by atoms with E-state index in [1.54, 1.807) is 6.07 Å². The van der Waals surface area contributed by atoms with E-state index in [0.717, 1.165) is 0 Å². The summed E-state index contributed by atoms with van der Waals surface area (Å²) in [5.74, 6) is 0.0131. The number of aromatic carboxylic acids is 2. The second-order valence-corrected chi connectivity index (χ2v) is 5.22. The predicted octanol–water partition coefficient (Wildman–Crippen LogP) is 3.88. The van der Waals surface area contributed by atoms with Gasteiger partial charge in [0.2, 0.25) is 0 Å². The van der Waals surface area contributed by atoms with Crippen molar-refractivity contribution in [1.82, 2.24) is 0 Å². The third-order valence-electron chi connectivity index (χ3n) is 3.88. The van der Waals surface area contributed by atoms with E-state index in [2.05, 4.69) is 30.2 Å². The zero-order valence-electron chi connectivity index (χ0n) is 12.5. The van der Waals surface area contributed by atoms with Crippen LogP contribution in [0.2, 0.25) is 0 Å². The molecule has 0 radical (unpaired) electrons. The van der Waals surface area contributed by atoms with Crippen molar-refractivity contribution in [3.05, 3.63) is 71.3 Å². The zero-order chi connectivity index (χ0) is 17.3. The molecule has 4 nitrogen and oxygen atoms in total. The van der Waals surface area contributed by atoms with Gasteiger partial charge in [0, 0.05) is 5.56 Å². The molecule has 0 spiro atoms. The van der Waals surface area contributed by atoms with Gasteiger partial charge < -0.3 is 10.2 Å². The second kappa shape index (κ2) is 5.90. The zero-order valence-corrected chi connectivity index (χ0v) is 12.5. The van der Waals surface area contributed by atoms with Gasteiger partial charge in [0.15, 0.2) is 0 Å². The summed E-state index contributed by atoms with van der Waals surface area (Å²) in [6.45, 7) is 0. The fraction of sp³-hybridized carbons (Fsp3) is 0. The largest absolute Gasteiger partial charge is 0.478 e. The molecular formula is C20H12O4. The van der Waals surface area contributed by atoms with Crippen LogP contribution in [0.1, 0.15) is 26.3 Å². The van der Waals surface area contributed by atoms with E-state index in [-0.39, 0.29) is 16.7 Å². The van der Waals surface area contributed by atoms with Crippen LogP contribution < -0.4 is 0 Å². The van der Waals surface area contributed by atoms with E-state index in [1.807, 2.05) is 0 Å². The monoisotopic (exact) mass is 316 g/mol. The first-order valence-corrected chi connectivity index (χ1v) is 7.12. The SMILES string of the molecule is C#Cc1ccc2c(C(=O)O)cccc2c1C(=O)O.c1cc2ccc1-2. The first-order chi connectivity index (χ1) is 11.5. The van der Waals surface area contributed by atoms with E-state index in [0.29, 0.717) is 10.8 Å². The molecular weight excluding hydrogens is 304 g/mol. The Labute approximate surface area is 138 Å². The van der Waals surface area contributed by atoms with Crippen LogP contribution in [0.5, 0.6) is 0 Å². The number of carbonyl (C=O) groups is 2. The summed E-state index contributed by atoms with van der Waals surface area (Å²) in [6.07, 6.45) is 5.25. The Bertz CT molecular complexity index is 987. The van der Waals surface area contributed by atoms with Crippen molar-refractivity contribution in [2.24, 2.45) is 0 Å². The summed E-state index contributed by atoms with van der Waals surface area (Å²) >= 11 is 0. The highest BCUT2D eigenvalue weighted by Gasteiger charge is 2.16. The minimum atomic E-state index is -1.17. The van der Waals surface area contributed by atoms with Gasteiger partial charge in [-0.25, -0.2) is 9.59 Å². The molecule has 2 aliphatic carbocycles. The first-order valence-electron chi connectivity index (χ1n) is 7.12. The van der Waals surface area contributed by atoms with Gasteiger partial charge in [-0.3, -0.25) is 0 Å². The van der Waals surface area contributed by atoms with E-state index in [9.17, 15) is 14.7 Å². The molecule has 2 N–H and O–H groups in total. The number of hydrogen-bond acceptors (Lipinski definition) is 2. The van der Waals surface area contributed by atoms with E-state index >= 15 is 0 Å². The van der Waals surface area contributed by atoms with Crippen molar-refractivity contribution in [3.8, 4) is 23.5 Å². The predicted molar refractivity (Wildman–Crippen MR) is 91.2 cm³/mol. The van der Waals surface area contributed by atoms with Crippen LogP contribution in [0.4, 0.5) is 0 Å². The average Bonchev–Trinajstić information content (AvgIpc) is 2.56. The highest BCUT2D eigenvalue weighted by atomic mass is 16.4. The van der Waals surface area contributed by atoms with E-state index in [1.165, 1.54) is 35.4 Å². The Morgan fingerprint density at radius 2 is 1.42 bits per heavy atom. The molecule has 0 saturated heterocycles. The molecule has 4 rings (SSSR count). The van der Waals surface area contributed by atoms with Gasteiger partial charge >= 0.3 is 11.9 Å². The molecule has 0 saturated carbocycles. The van der Waals surface area contributed by atoms with Crippen LogP contribution >= 0.6 is 0 Å². The van der Waals surface area contributed by atoms with Crippen molar-refractivity contribution in [2.45, 2.75) is 0 Å². The smallest absolute Gasteiger partial charge is 0.337 e. The molecule has 2 aliphatic rings. The summed E-state index contributed by atoms with van der Waals surface area (Å²) in [5, 5.41) is 18.9. The fourth-order valence-corrected chi connectivity index (χ4v) is 2.56. The molecule has 2 aromatic carbocycles. The number of terminal acetylenes is 1. The van der Waals surface area contributed by atoms with Gasteiger partial charge in [-0.2, -0.15) is 0 Å². The molecule has 0 aromatic heterocycles. The first kappa shape index (κ1) is 15.3. The molecule has 0 aliphatic heterocycles. The number of carboxylic acid groups (broad SMARTS) is 2. The maximum Gasteiger partial charge on any atom is 0.337 e. The topological polar surface area (TPSA) is 74.6 Å². The fourth-order valence-electron chi connectivity index (χ4n) is 2.56. The Balaban J connectivity index is 0.000000231. The van der Waals surface area contributed by atoms with Gasteiger partial charge in [-0.15, -0.1) is 6.42 Å². The Kier molecular flexibility index (Phi) is 3.77. The highest BCUT2D eigenvalue weighted by Crippen LogP contribution is 2.29. The summed E-state index contributed by atoms with van der Waals surface area (Å²) in [6, 6.07) is 15.9. The number of hydrogen-bond donors (Lipinski definition) is 2. The third kappa shape index (κ3) is 2.49. The summed E-state index contributed by atoms with van der Waals surface area (Å²) in [7, 11) is 0. The third-order valence-corrected chi connectivity index (χ3v) is 3.88. The molecule has 0 amide bonds. The number of benzene rings is 3. The minimum absolute atomic E-state index is 0.0434. The maximum atomic E-state index is 11.2. The Morgan fingerprint density at radius 3 is 1.83 bits per heavy atom. The lowest BCUT2D eigenvalue weighted by atomic mass is 9.95. The lowest BCUT2D eigenvalue weighted by Gasteiger charge is -2.10. The van der Waals surface area contributed by atoms with Gasteiger partial charge in [-0.1, -0.05) is 48.4 Å². The standard InChI is InChI=1S/C14H8O4.C6H4/c1-2-8-6-7-9-10(12(8)14(17)18)4-3-5-11(9)13(15)16;1-2-6-4-3-5(1)6/h1,3-7H,(H,15,16)(H,17,18);1-4H. The highest BCUT2D eigenvalue weighted by molar-refractivity contribution is 6.11. The van der Waals surface area contributed by atoms with Crippen LogP contribution in [-0.4, -0.2) is 22.2 Å². The lowest BCUT2D eigenvalue weighted by molar-refractivity contribution is 0.0686. The van der Waals surface area contributed by atoms with Gasteiger partial charge in [-0.05, 0) is 34.0 Å². The normalized spacial score (nSPS) is 10.3. The minimum Gasteiger partial charge on any atom is -0.478 e. The van der Waals surface area contributed by atoms with Crippen molar-refractivity contribution in [3.63, 3.8) is 0 Å². The van der Waals surface area contributed by atoms with Crippen molar-refractivity contribution in [2.75, 3.05) is 0 Å². The summed E-state index contributed by atoms with van der Waals surface area (Å²) in [4.78, 5) is 22.3. The average molecular weight is 316 g/mol. The molecule has 0 atom stereocenters. The summed E-state index contributed by atoms with van der Waals surface area (Å²) in [5.41, 5.74) is 3.10. The van der Waals surface area contributed by atoms with Crippen molar-refractivity contribution < 1.29 is 19.8 Å². The molecule has 0 bridgehead atoms. The second-order valence-electron chi connectivity index (χ2n) is 5.22. The molecule has 0 unspecified atom stereocenters. The van der Waals surface area contributed by atoms with E-state index < -0.39 is 11.9 Å². The van der Waals surface area contributed by atoms with Gasteiger partial charge in [0.25, 0.3) is 0 Å². The molecule has 0 fully saturated rings. The van der Waals surface area contributed by atoms with Crippen molar-refractivity contribution >= 4 is 22.7 Å². The molecule has 4 heteroatoms. The van der Waals surface area contributed by atoms with Crippen LogP contribution in [0.3, 0.4) is 0 Å². The molecule has 2 aromatic rings. The number of carboxylic acids is 2. The molecule has 116 valence electrons. The molecule has 24 heavy (non-hydrogen) atoms. The van der Waals surface area contributed by atoms with Crippen LogP contribution in [0.25, 0.3) is 21.9 Å². The Morgan fingerprint density at radius 1 is 0.792 bits per heavy atom.